The summed E-state index contributed by atoms with van der Waals surface area (Å²) in [6.45, 7) is 9.39. The lowest BCUT2D eigenvalue weighted by atomic mass is 10.1. The first kappa shape index (κ1) is 20.6. The van der Waals surface area contributed by atoms with E-state index in [0.29, 0.717) is 18.7 Å². The van der Waals surface area contributed by atoms with Gasteiger partial charge < -0.3 is 10.0 Å². The number of rotatable bonds is 9. The summed E-state index contributed by atoms with van der Waals surface area (Å²) in [4.78, 5) is 33.6. The summed E-state index contributed by atoms with van der Waals surface area (Å²) >= 11 is 0. The van der Waals surface area contributed by atoms with Crippen LogP contribution in [0.1, 0.15) is 38.3 Å². The molecule has 0 aliphatic rings. The van der Waals surface area contributed by atoms with E-state index in [2.05, 4.69) is 28.7 Å². The molecule has 0 atom stereocenters. The molecule has 0 aliphatic heterocycles. The number of aromatic hydroxyl groups is 1. The SMILES string of the molecule is CCC(=NCCN(CC)CC)c1c(O)n(Cc2ccccc2)c(=O)[nH]c1=O. The topological polar surface area (TPSA) is 90.7 Å². The Balaban J connectivity index is 2.38. The van der Waals surface area contributed by atoms with E-state index >= 15 is 0 Å². The molecule has 0 aliphatic carbocycles. The Morgan fingerprint density at radius 2 is 1.81 bits per heavy atom. The Kier molecular flexibility index (Phi) is 7.55. The van der Waals surface area contributed by atoms with Crippen LogP contribution in [0.3, 0.4) is 0 Å². The van der Waals surface area contributed by atoms with Crippen LogP contribution in [0.4, 0.5) is 0 Å². The van der Waals surface area contributed by atoms with Crippen molar-refractivity contribution in [2.45, 2.75) is 33.7 Å². The summed E-state index contributed by atoms with van der Waals surface area (Å²) in [5.41, 5.74) is 0.189. The Morgan fingerprint density at radius 3 is 2.41 bits per heavy atom. The average Bonchev–Trinajstić information content (AvgIpc) is 2.67. The molecule has 2 N–H and O–H groups in total. The first-order valence-corrected chi connectivity index (χ1v) is 9.37. The van der Waals surface area contributed by atoms with E-state index in [-0.39, 0.29) is 18.0 Å². The molecule has 0 amide bonds. The number of aliphatic imine (C=N–C) groups is 1. The second kappa shape index (κ2) is 9.87. The van der Waals surface area contributed by atoms with Gasteiger partial charge in [0.2, 0.25) is 5.88 Å². The van der Waals surface area contributed by atoms with Gasteiger partial charge in [0.25, 0.3) is 5.56 Å². The zero-order valence-corrected chi connectivity index (χ0v) is 16.2. The highest BCUT2D eigenvalue weighted by Crippen LogP contribution is 2.15. The number of hydrogen-bond donors (Lipinski definition) is 2. The number of H-pyrrole nitrogens is 1. The van der Waals surface area contributed by atoms with E-state index in [0.717, 1.165) is 25.2 Å². The first-order valence-electron chi connectivity index (χ1n) is 9.37. The highest BCUT2D eigenvalue weighted by molar-refractivity contribution is 6.01. The van der Waals surface area contributed by atoms with Crippen molar-refractivity contribution in [3.8, 4) is 5.88 Å². The second-order valence-electron chi connectivity index (χ2n) is 6.24. The van der Waals surface area contributed by atoms with Gasteiger partial charge in [-0.2, -0.15) is 0 Å². The molecule has 0 fully saturated rings. The van der Waals surface area contributed by atoms with Crippen molar-refractivity contribution in [3.05, 3.63) is 62.3 Å². The molecule has 0 unspecified atom stereocenters. The van der Waals surface area contributed by atoms with E-state index in [9.17, 15) is 14.7 Å². The third kappa shape index (κ3) is 5.17. The minimum atomic E-state index is -0.635. The number of benzene rings is 1. The van der Waals surface area contributed by atoms with E-state index < -0.39 is 11.2 Å². The Morgan fingerprint density at radius 1 is 1.15 bits per heavy atom. The number of nitrogens with one attached hydrogen (secondary N) is 1. The summed E-state index contributed by atoms with van der Waals surface area (Å²) in [5.74, 6) is -0.337. The molecule has 2 aromatic rings. The van der Waals surface area contributed by atoms with Crippen LogP contribution in [0.15, 0.2) is 44.9 Å². The molecule has 2 rings (SSSR count). The van der Waals surface area contributed by atoms with E-state index in [1.165, 1.54) is 4.57 Å². The molecular formula is C20H28N4O3. The van der Waals surface area contributed by atoms with Crippen LogP contribution in [0.25, 0.3) is 0 Å². The molecule has 0 radical (unpaired) electrons. The van der Waals surface area contributed by atoms with Gasteiger partial charge in [-0.25, -0.2) is 4.79 Å². The van der Waals surface area contributed by atoms with Crippen molar-refractivity contribution in [2.24, 2.45) is 4.99 Å². The number of nitrogens with zero attached hydrogens (tertiary/aromatic N) is 3. The maximum atomic E-state index is 12.4. The third-order valence-corrected chi connectivity index (χ3v) is 4.59. The number of aromatic nitrogens is 2. The maximum absolute atomic E-state index is 12.4. The molecule has 146 valence electrons. The average molecular weight is 372 g/mol. The fourth-order valence-corrected chi connectivity index (χ4v) is 2.97. The first-order chi connectivity index (χ1) is 13.0. The molecule has 1 aromatic carbocycles. The number of likely N-dealkylation sites (N-methyl/N-ethyl adjacent to an activating group) is 1. The van der Waals surface area contributed by atoms with Crippen molar-refractivity contribution in [1.29, 1.82) is 0 Å². The summed E-state index contributed by atoms with van der Waals surface area (Å²) in [5, 5.41) is 10.7. The highest BCUT2D eigenvalue weighted by atomic mass is 16.3. The largest absolute Gasteiger partial charge is 0.494 e. The predicted molar refractivity (Wildman–Crippen MR) is 108 cm³/mol. The van der Waals surface area contributed by atoms with Crippen LogP contribution in [-0.2, 0) is 6.54 Å². The van der Waals surface area contributed by atoms with Crippen molar-refractivity contribution in [3.63, 3.8) is 0 Å². The zero-order valence-electron chi connectivity index (χ0n) is 16.2. The van der Waals surface area contributed by atoms with Crippen LogP contribution in [0, 0.1) is 0 Å². The van der Waals surface area contributed by atoms with Crippen LogP contribution >= 0.6 is 0 Å². The van der Waals surface area contributed by atoms with E-state index in [1.54, 1.807) is 0 Å². The lowest BCUT2D eigenvalue weighted by molar-refractivity contribution is 0.313. The van der Waals surface area contributed by atoms with Gasteiger partial charge in [-0.1, -0.05) is 51.1 Å². The van der Waals surface area contributed by atoms with Gasteiger partial charge in [0.1, 0.15) is 5.56 Å². The summed E-state index contributed by atoms with van der Waals surface area (Å²) < 4.78 is 1.17. The van der Waals surface area contributed by atoms with Gasteiger partial charge in [0.05, 0.1) is 18.8 Å². The lowest BCUT2D eigenvalue weighted by Crippen LogP contribution is -2.34. The van der Waals surface area contributed by atoms with Gasteiger partial charge in [0.15, 0.2) is 0 Å². The molecular weight excluding hydrogens is 344 g/mol. The van der Waals surface area contributed by atoms with Gasteiger partial charge in [-0.15, -0.1) is 0 Å². The van der Waals surface area contributed by atoms with Crippen LogP contribution in [0.2, 0.25) is 0 Å². The number of hydrogen-bond acceptors (Lipinski definition) is 5. The van der Waals surface area contributed by atoms with Crippen LogP contribution in [0.5, 0.6) is 5.88 Å². The molecule has 0 bridgehead atoms. The van der Waals surface area contributed by atoms with Crippen molar-refractivity contribution in [2.75, 3.05) is 26.2 Å². The van der Waals surface area contributed by atoms with E-state index in [1.807, 2.05) is 37.3 Å². The fourth-order valence-electron chi connectivity index (χ4n) is 2.97. The molecule has 0 saturated heterocycles. The monoisotopic (exact) mass is 372 g/mol. The minimum Gasteiger partial charge on any atom is -0.494 e. The van der Waals surface area contributed by atoms with Gasteiger partial charge in [-0.05, 0) is 25.1 Å². The molecule has 27 heavy (non-hydrogen) atoms. The van der Waals surface area contributed by atoms with Crippen molar-refractivity contribution < 1.29 is 5.11 Å². The second-order valence-corrected chi connectivity index (χ2v) is 6.24. The minimum absolute atomic E-state index is 0.0765. The van der Waals surface area contributed by atoms with Crippen molar-refractivity contribution in [1.82, 2.24) is 14.5 Å². The third-order valence-electron chi connectivity index (χ3n) is 4.59. The molecule has 7 heteroatoms. The molecule has 0 spiro atoms. The van der Waals surface area contributed by atoms with E-state index in [4.69, 9.17) is 0 Å². The number of aromatic amines is 1. The van der Waals surface area contributed by atoms with Gasteiger partial charge in [0, 0.05) is 6.54 Å². The molecule has 7 nitrogen and oxygen atoms in total. The summed E-state index contributed by atoms with van der Waals surface area (Å²) in [6.07, 6.45) is 0.485. The van der Waals surface area contributed by atoms with Crippen LogP contribution < -0.4 is 11.2 Å². The fraction of sp³-hybridized carbons (Fsp3) is 0.450. The Labute approximate surface area is 159 Å². The Hall–Kier alpha value is -2.67. The standard InChI is InChI=1S/C20H28N4O3/c1-4-16(21-12-13-23(5-2)6-3)17-18(25)22-20(27)24(19(17)26)14-15-10-8-7-9-11-15/h7-11,26H,4-6,12-14H2,1-3H3,(H,22,25,27). The van der Waals surface area contributed by atoms with Crippen molar-refractivity contribution >= 4 is 5.71 Å². The molecule has 1 aromatic heterocycles. The normalized spacial score (nSPS) is 11.9. The zero-order chi connectivity index (χ0) is 19.8. The summed E-state index contributed by atoms with van der Waals surface area (Å²) in [6, 6.07) is 9.31. The molecule has 0 saturated carbocycles. The smallest absolute Gasteiger partial charge is 0.331 e. The lowest BCUT2D eigenvalue weighted by Gasteiger charge is -2.17. The maximum Gasteiger partial charge on any atom is 0.331 e. The predicted octanol–water partition coefficient (Wildman–Crippen LogP) is 1.83. The summed E-state index contributed by atoms with van der Waals surface area (Å²) in [7, 11) is 0. The highest BCUT2D eigenvalue weighted by Gasteiger charge is 2.18. The molecule has 1 heterocycles. The van der Waals surface area contributed by atoms with Gasteiger partial charge >= 0.3 is 5.69 Å². The van der Waals surface area contributed by atoms with Gasteiger partial charge in [-0.3, -0.25) is 19.3 Å². The quantitative estimate of drug-likeness (QED) is 0.657. The Bertz CT molecular complexity index is 880. The van der Waals surface area contributed by atoms with Crippen LogP contribution in [-0.4, -0.2) is 51.4 Å².